The lowest BCUT2D eigenvalue weighted by molar-refractivity contribution is 0.834. The molecule has 0 atom stereocenters. The molecular weight excluding hydrogens is 170 g/mol. The van der Waals surface area contributed by atoms with Gasteiger partial charge in [0.05, 0.1) is 0 Å². The van der Waals surface area contributed by atoms with Crippen molar-refractivity contribution in [2.24, 2.45) is 0 Å². The Morgan fingerprint density at radius 1 is 1.42 bits per heavy atom. The molecule has 1 radical (unpaired) electrons. The monoisotopic (exact) mass is 180 g/mol. The minimum atomic E-state index is 1.00. The SMILES string of the molecule is [c]1nccc(N2CCSCC2)n1. The summed E-state index contributed by atoms with van der Waals surface area (Å²) in [6.07, 6.45) is 4.35. The molecule has 1 aliphatic heterocycles. The van der Waals surface area contributed by atoms with Crippen LogP contribution in [0.15, 0.2) is 12.3 Å². The van der Waals surface area contributed by atoms with Gasteiger partial charge in [-0.2, -0.15) is 11.8 Å². The number of hydrogen-bond donors (Lipinski definition) is 0. The molecule has 0 N–H and O–H groups in total. The van der Waals surface area contributed by atoms with E-state index in [9.17, 15) is 0 Å². The minimum absolute atomic E-state index is 1.00. The maximum atomic E-state index is 4.08. The van der Waals surface area contributed by atoms with Crippen LogP contribution in [0.25, 0.3) is 0 Å². The van der Waals surface area contributed by atoms with E-state index in [4.69, 9.17) is 0 Å². The topological polar surface area (TPSA) is 29.0 Å². The van der Waals surface area contributed by atoms with Crippen molar-refractivity contribution in [1.82, 2.24) is 9.97 Å². The van der Waals surface area contributed by atoms with Gasteiger partial charge < -0.3 is 4.90 Å². The summed E-state index contributed by atoms with van der Waals surface area (Å²) in [6, 6.07) is 1.94. The molecular formula is C8H10N3S. The third-order valence-corrected chi connectivity index (χ3v) is 2.80. The highest BCUT2D eigenvalue weighted by molar-refractivity contribution is 7.99. The highest BCUT2D eigenvalue weighted by Crippen LogP contribution is 2.15. The Hall–Kier alpha value is -0.770. The first-order valence-electron chi connectivity index (χ1n) is 3.98. The van der Waals surface area contributed by atoms with Crippen LogP contribution in [-0.4, -0.2) is 34.6 Å². The first-order chi connectivity index (χ1) is 5.97. The second-order valence-corrected chi connectivity index (χ2v) is 3.84. The maximum Gasteiger partial charge on any atom is 0.199 e. The first kappa shape index (κ1) is 7.86. The zero-order valence-electron chi connectivity index (χ0n) is 6.73. The average molecular weight is 180 g/mol. The fourth-order valence-corrected chi connectivity index (χ4v) is 2.13. The van der Waals surface area contributed by atoms with E-state index in [2.05, 4.69) is 21.2 Å². The summed E-state index contributed by atoms with van der Waals surface area (Å²) in [5.41, 5.74) is 0. The molecule has 63 valence electrons. The summed E-state index contributed by atoms with van der Waals surface area (Å²) >= 11 is 2.00. The van der Waals surface area contributed by atoms with Crippen LogP contribution >= 0.6 is 11.8 Å². The predicted molar refractivity (Wildman–Crippen MR) is 50.4 cm³/mol. The standard InChI is InChI=1S/C8H10N3S/c1-2-9-7-10-8(1)11-3-5-12-6-4-11/h1-2H,3-6H2. The van der Waals surface area contributed by atoms with Crippen LogP contribution in [0, 0.1) is 6.33 Å². The van der Waals surface area contributed by atoms with E-state index < -0.39 is 0 Å². The molecule has 0 spiro atoms. The van der Waals surface area contributed by atoms with Crippen LogP contribution in [0.4, 0.5) is 5.82 Å². The van der Waals surface area contributed by atoms with Crippen molar-refractivity contribution < 1.29 is 0 Å². The van der Waals surface area contributed by atoms with Crippen LogP contribution in [0.2, 0.25) is 0 Å². The molecule has 3 nitrogen and oxygen atoms in total. The van der Waals surface area contributed by atoms with Crippen LogP contribution < -0.4 is 4.90 Å². The van der Waals surface area contributed by atoms with E-state index >= 15 is 0 Å². The molecule has 0 amide bonds. The van der Waals surface area contributed by atoms with E-state index in [1.807, 2.05) is 17.8 Å². The Labute approximate surface area is 76.2 Å². The van der Waals surface area contributed by atoms with Gasteiger partial charge in [0.25, 0.3) is 0 Å². The second kappa shape index (κ2) is 3.76. The van der Waals surface area contributed by atoms with Crippen molar-refractivity contribution in [3.63, 3.8) is 0 Å². The van der Waals surface area contributed by atoms with Crippen LogP contribution in [0.3, 0.4) is 0 Å². The Morgan fingerprint density at radius 3 is 2.92 bits per heavy atom. The molecule has 12 heavy (non-hydrogen) atoms. The van der Waals surface area contributed by atoms with Crippen molar-refractivity contribution in [2.75, 3.05) is 29.5 Å². The molecule has 1 saturated heterocycles. The van der Waals surface area contributed by atoms with E-state index in [1.165, 1.54) is 11.5 Å². The van der Waals surface area contributed by atoms with Gasteiger partial charge >= 0.3 is 0 Å². The largest absolute Gasteiger partial charge is 0.355 e. The predicted octanol–water partition coefficient (Wildman–Crippen LogP) is 0.830. The highest BCUT2D eigenvalue weighted by Gasteiger charge is 2.11. The number of aromatic nitrogens is 2. The zero-order chi connectivity index (χ0) is 8.23. The Balaban J connectivity index is 2.08. The van der Waals surface area contributed by atoms with E-state index in [0.717, 1.165) is 18.9 Å². The highest BCUT2D eigenvalue weighted by atomic mass is 32.2. The maximum absolute atomic E-state index is 4.08. The van der Waals surface area contributed by atoms with Crippen molar-refractivity contribution in [3.8, 4) is 0 Å². The van der Waals surface area contributed by atoms with Gasteiger partial charge in [-0.1, -0.05) is 0 Å². The Kier molecular flexibility index (Phi) is 2.46. The lowest BCUT2D eigenvalue weighted by Crippen LogP contribution is -2.33. The molecule has 0 bridgehead atoms. The first-order valence-corrected chi connectivity index (χ1v) is 5.14. The second-order valence-electron chi connectivity index (χ2n) is 2.61. The number of thioether (sulfide) groups is 1. The average Bonchev–Trinajstić information content (AvgIpc) is 2.21. The third kappa shape index (κ3) is 1.69. The fourth-order valence-electron chi connectivity index (χ4n) is 1.22. The molecule has 1 aromatic heterocycles. The van der Waals surface area contributed by atoms with Gasteiger partial charge in [0.2, 0.25) is 0 Å². The lowest BCUT2D eigenvalue weighted by atomic mass is 10.4. The van der Waals surface area contributed by atoms with Gasteiger partial charge in [-0.05, 0) is 6.07 Å². The van der Waals surface area contributed by atoms with Gasteiger partial charge in [0.1, 0.15) is 5.82 Å². The molecule has 0 aromatic carbocycles. The van der Waals surface area contributed by atoms with Crippen LogP contribution in [-0.2, 0) is 0 Å². The van der Waals surface area contributed by atoms with Gasteiger partial charge in [-0.15, -0.1) is 0 Å². The summed E-state index contributed by atoms with van der Waals surface area (Å²) in [4.78, 5) is 10.1. The van der Waals surface area contributed by atoms with Crippen molar-refractivity contribution in [3.05, 3.63) is 18.6 Å². The van der Waals surface area contributed by atoms with E-state index in [1.54, 1.807) is 6.20 Å². The molecule has 1 fully saturated rings. The van der Waals surface area contributed by atoms with E-state index in [0.29, 0.717) is 0 Å². The molecule has 2 rings (SSSR count). The molecule has 1 aromatic rings. The molecule has 2 heterocycles. The van der Waals surface area contributed by atoms with Crippen LogP contribution in [0.5, 0.6) is 0 Å². The zero-order valence-corrected chi connectivity index (χ0v) is 7.55. The molecule has 0 unspecified atom stereocenters. The smallest absolute Gasteiger partial charge is 0.199 e. The van der Waals surface area contributed by atoms with Gasteiger partial charge in [0.15, 0.2) is 6.33 Å². The third-order valence-electron chi connectivity index (χ3n) is 1.86. The number of rotatable bonds is 1. The summed E-state index contributed by atoms with van der Waals surface area (Å²) in [7, 11) is 0. The minimum Gasteiger partial charge on any atom is -0.355 e. The van der Waals surface area contributed by atoms with Crippen LogP contribution in [0.1, 0.15) is 0 Å². The molecule has 1 aliphatic rings. The quantitative estimate of drug-likeness (QED) is 0.640. The number of nitrogens with zero attached hydrogens (tertiary/aromatic N) is 3. The van der Waals surface area contributed by atoms with Gasteiger partial charge in [-0.3, -0.25) is 0 Å². The Morgan fingerprint density at radius 2 is 2.25 bits per heavy atom. The molecule has 0 aliphatic carbocycles. The summed E-state index contributed by atoms with van der Waals surface area (Å²) in [5.74, 6) is 3.40. The van der Waals surface area contributed by atoms with Crippen molar-refractivity contribution >= 4 is 17.6 Å². The number of anilines is 1. The van der Waals surface area contributed by atoms with Gasteiger partial charge in [-0.25, -0.2) is 9.97 Å². The number of hydrogen-bond acceptors (Lipinski definition) is 4. The van der Waals surface area contributed by atoms with E-state index in [-0.39, 0.29) is 0 Å². The molecule has 4 heteroatoms. The normalized spacial score (nSPS) is 17.8. The van der Waals surface area contributed by atoms with Gasteiger partial charge in [0, 0.05) is 30.8 Å². The molecule has 0 saturated carbocycles. The fraction of sp³-hybridized carbons (Fsp3) is 0.500. The summed E-state index contributed by atoms with van der Waals surface area (Å²) < 4.78 is 0. The lowest BCUT2D eigenvalue weighted by Gasteiger charge is -2.26. The Bertz CT molecular complexity index is 233. The summed E-state index contributed by atoms with van der Waals surface area (Å²) in [6.45, 7) is 2.19. The van der Waals surface area contributed by atoms with Crippen molar-refractivity contribution in [1.29, 1.82) is 0 Å². The summed E-state index contributed by atoms with van der Waals surface area (Å²) in [5, 5.41) is 0. The van der Waals surface area contributed by atoms with Crippen molar-refractivity contribution in [2.45, 2.75) is 0 Å².